The predicted octanol–water partition coefficient (Wildman–Crippen LogP) is 10.0. The second-order valence-electron chi connectivity index (χ2n) is 10.5. The molecule has 7 rings (SSSR count). The van der Waals surface area contributed by atoms with Crippen LogP contribution < -0.4 is 0 Å². The van der Waals surface area contributed by atoms with Crippen LogP contribution in [-0.2, 0) is 6.42 Å². The number of rotatable bonds is 4. The van der Waals surface area contributed by atoms with Crippen LogP contribution in [0, 0.1) is 5.92 Å². The van der Waals surface area contributed by atoms with Crippen LogP contribution >= 0.6 is 0 Å². The van der Waals surface area contributed by atoms with E-state index in [1.165, 1.54) is 60.5 Å². The van der Waals surface area contributed by atoms with Crippen molar-refractivity contribution >= 4 is 38.8 Å². The van der Waals surface area contributed by atoms with Crippen molar-refractivity contribution in [3.63, 3.8) is 0 Å². The van der Waals surface area contributed by atoms with Crippen LogP contribution in [-0.4, -0.2) is 0 Å². The maximum absolute atomic E-state index is 4.80. The zero-order valence-corrected chi connectivity index (χ0v) is 21.5. The van der Waals surface area contributed by atoms with E-state index in [-0.39, 0.29) is 11.8 Å². The summed E-state index contributed by atoms with van der Waals surface area (Å²) in [4.78, 5) is 0. The lowest BCUT2D eigenvalue weighted by molar-refractivity contribution is 0.718. The number of hydrogen-bond donors (Lipinski definition) is 0. The minimum Gasteiger partial charge on any atom is -0.0946 e. The molecule has 182 valence electrons. The average molecular weight is 487 g/mol. The highest BCUT2D eigenvalue weighted by Crippen LogP contribution is 2.46. The third-order valence-electron chi connectivity index (χ3n) is 8.34. The van der Waals surface area contributed by atoms with Gasteiger partial charge in [-0.1, -0.05) is 140 Å². The Morgan fingerprint density at radius 2 is 1.21 bits per heavy atom. The molecule has 0 spiro atoms. The standard InChI is InChI=1S/C38H30/c1-26(31-17-7-8-18-32(31)28-14-3-2-4-15-28)37-33-19-9-11-21-35(33)38(36-22-12-10-20-34(36)37)30-24-23-27-13-5-6-16-29(27)25-30/h2-22,25,31-32H,1,23-24H2. The van der Waals surface area contributed by atoms with E-state index in [4.69, 9.17) is 6.58 Å². The molecule has 0 nitrogen and oxygen atoms in total. The number of aryl methyl sites for hydroxylation is 1. The molecule has 0 bridgehead atoms. The summed E-state index contributed by atoms with van der Waals surface area (Å²) < 4.78 is 0. The van der Waals surface area contributed by atoms with Crippen molar-refractivity contribution in [2.45, 2.75) is 18.8 Å². The molecule has 38 heavy (non-hydrogen) atoms. The van der Waals surface area contributed by atoms with Crippen LogP contribution in [0.2, 0.25) is 0 Å². The van der Waals surface area contributed by atoms with Gasteiger partial charge in [0, 0.05) is 11.8 Å². The molecule has 0 radical (unpaired) electrons. The SMILES string of the molecule is C=C(c1c2ccccc2c(C2=Cc3ccccc3CC2)c2ccccc12)C1C=CC=CC1c1ccccc1. The van der Waals surface area contributed by atoms with Crippen LogP contribution in [0.4, 0.5) is 0 Å². The lowest BCUT2D eigenvalue weighted by atomic mass is 9.74. The molecule has 0 heteroatoms. The summed E-state index contributed by atoms with van der Waals surface area (Å²) in [5.74, 6) is 0.462. The monoisotopic (exact) mass is 486 g/mol. The first kappa shape index (κ1) is 22.8. The second kappa shape index (κ2) is 9.47. The lowest BCUT2D eigenvalue weighted by Crippen LogP contribution is -2.13. The highest BCUT2D eigenvalue weighted by atomic mass is 14.3. The number of hydrogen-bond acceptors (Lipinski definition) is 0. The minimum absolute atomic E-state index is 0.195. The summed E-state index contributed by atoms with van der Waals surface area (Å²) in [6.07, 6.45) is 13.6. The molecule has 0 N–H and O–H groups in total. The molecule has 0 heterocycles. The fraction of sp³-hybridized carbons (Fsp3) is 0.105. The van der Waals surface area contributed by atoms with Crippen LogP contribution in [0.15, 0.2) is 134 Å². The Bertz CT molecular complexity index is 1720. The van der Waals surface area contributed by atoms with Gasteiger partial charge in [0.15, 0.2) is 0 Å². The molecule has 0 aliphatic heterocycles. The van der Waals surface area contributed by atoms with Gasteiger partial charge in [0.2, 0.25) is 0 Å². The van der Waals surface area contributed by atoms with Crippen molar-refractivity contribution in [3.8, 4) is 0 Å². The third-order valence-corrected chi connectivity index (χ3v) is 8.34. The van der Waals surface area contributed by atoms with Crippen LogP contribution in [0.25, 0.3) is 38.8 Å². The fourth-order valence-electron chi connectivity index (χ4n) is 6.55. The molecule has 2 aliphatic carbocycles. The molecule has 5 aromatic rings. The van der Waals surface area contributed by atoms with E-state index in [0.29, 0.717) is 0 Å². The maximum Gasteiger partial charge on any atom is 0.0125 e. The highest BCUT2D eigenvalue weighted by molar-refractivity contribution is 6.17. The van der Waals surface area contributed by atoms with Crippen LogP contribution in [0.5, 0.6) is 0 Å². The van der Waals surface area contributed by atoms with Crippen LogP contribution in [0.3, 0.4) is 0 Å². The molecule has 2 aliphatic rings. The Morgan fingerprint density at radius 1 is 0.605 bits per heavy atom. The van der Waals surface area contributed by atoms with Gasteiger partial charge >= 0.3 is 0 Å². The summed E-state index contributed by atoms with van der Waals surface area (Å²) >= 11 is 0. The summed E-state index contributed by atoms with van der Waals surface area (Å²) in [6, 6.07) is 37.6. The first-order chi connectivity index (χ1) is 18.8. The van der Waals surface area contributed by atoms with E-state index >= 15 is 0 Å². The molecule has 5 aromatic carbocycles. The van der Waals surface area contributed by atoms with E-state index in [2.05, 4.69) is 134 Å². The molecule has 0 fully saturated rings. The summed E-state index contributed by atoms with van der Waals surface area (Å²) in [6.45, 7) is 4.80. The van der Waals surface area contributed by atoms with Crippen molar-refractivity contribution in [3.05, 3.63) is 162 Å². The van der Waals surface area contributed by atoms with Gasteiger partial charge < -0.3 is 0 Å². The minimum atomic E-state index is 0.195. The molecule has 0 saturated heterocycles. The van der Waals surface area contributed by atoms with Crippen molar-refractivity contribution < 1.29 is 0 Å². The first-order valence-electron chi connectivity index (χ1n) is 13.6. The Labute approximate surface area is 225 Å². The van der Waals surface area contributed by atoms with Crippen molar-refractivity contribution in [2.75, 3.05) is 0 Å². The quantitative estimate of drug-likeness (QED) is 0.222. The molecule has 2 unspecified atom stereocenters. The van der Waals surface area contributed by atoms with Gasteiger partial charge in [0.05, 0.1) is 0 Å². The largest absolute Gasteiger partial charge is 0.0946 e. The molecule has 0 saturated carbocycles. The molecule has 2 atom stereocenters. The Kier molecular flexibility index (Phi) is 5.67. The Balaban J connectivity index is 1.46. The third kappa shape index (κ3) is 3.76. The zero-order chi connectivity index (χ0) is 25.5. The van der Waals surface area contributed by atoms with Gasteiger partial charge in [-0.2, -0.15) is 0 Å². The fourth-order valence-corrected chi connectivity index (χ4v) is 6.55. The van der Waals surface area contributed by atoms with E-state index in [1.54, 1.807) is 0 Å². The van der Waals surface area contributed by atoms with Gasteiger partial charge in [0.1, 0.15) is 0 Å². The Morgan fingerprint density at radius 3 is 1.95 bits per heavy atom. The van der Waals surface area contributed by atoms with Crippen molar-refractivity contribution in [1.82, 2.24) is 0 Å². The predicted molar refractivity (Wildman–Crippen MR) is 164 cm³/mol. The van der Waals surface area contributed by atoms with E-state index in [0.717, 1.165) is 12.8 Å². The zero-order valence-electron chi connectivity index (χ0n) is 21.5. The summed E-state index contributed by atoms with van der Waals surface area (Å²) in [7, 11) is 0. The van der Waals surface area contributed by atoms with Gasteiger partial charge in [-0.15, -0.1) is 0 Å². The highest BCUT2D eigenvalue weighted by Gasteiger charge is 2.27. The molecule has 0 aromatic heterocycles. The smallest absolute Gasteiger partial charge is 0.0125 e. The second-order valence-corrected chi connectivity index (χ2v) is 10.5. The van der Waals surface area contributed by atoms with E-state index in [1.807, 2.05) is 0 Å². The van der Waals surface area contributed by atoms with Gasteiger partial charge in [-0.3, -0.25) is 0 Å². The Hall–Kier alpha value is -4.42. The molecular formula is C38H30. The van der Waals surface area contributed by atoms with E-state index < -0.39 is 0 Å². The van der Waals surface area contributed by atoms with Gasteiger partial charge in [0.25, 0.3) is 0 Å². The molecular weight excluding hydrogens is 456 g/mol. The van der Waals surface area contributed by atoms with E-state index in [9.17, 15) is 0 Å². The van der Waals surface area contributed by atoms with Crippen molar-refractivity contribution in [1.29, 1.82) is 0 Å². The number of allylic oxidation sites excluding steroid dienone is 6. The topological polar surface area (TPSA) is 0 Å². The maximum atomic E-state index is 4.80. The normalized spacial score (nSPS) is 18.4. The number of benzene rings is 5. The average Bonchev–Trinajstić information content (AvgIpc) is 2.99. The lowest BCUT2D eigenvalue weighted by Gasteiger charge is -2.29. The number of fused-ring (bicyclic) bond motifs is 3. The van der Waals surface area contributed by atoms with Crippen molar-refractivity contribution in [2.24, 2.45) is 5.92 Å². The summed E-state index contributed by atoms with van der Waals surface area (Å²) in [5.41, 5.74) is 9.38. The molecule has 0 amide bonds. The van der Waals surface area contributed by atoms with Gasteiger partial charge in [-0.05, 0) is 73.4 Å². The first-order valence-corrected chi connectivity index (χ1v) is 13.6. The summed E-state index contributed by atoms with van der Waals surface area (Å²) in [5, 5.41) is 5.22. The van der Waals surface area contributed by atoms with Gasteiger partial charge in [-0.25, -0.2) is 0 Å². The van der Waals surface area contributed by atoms with Crippen LogP contribution in [0.1, 0.15) is 40.2 Å².